The monoisotopic (exact) mass is 255 g/mol. The third-order valence-electron chi connectivity index (χ3n) is 2.76. The predicted octanol–water partition coefficient (Wildman–Crippen LogP) is 0.847. The molecule has 0 saturated carbocycles. The van der Waals surface area contributed by atoms with Gasteiger partial charge in [0.25, 0.3) is 0 Å². The van der Waals surface area contributed by atoms with Gasteiger partial charge in [-0.1, -0.05) is 0 Å². The predicted molar refractivity (Wildman–Crippen MR) is 67.2 cm³/mol. The van der Waals surface area contributed by atoms with Crippen LogP contribution in [0.5, 0.6) is 0 Å². The summed E-state index contributed by atoms with van der Waals surface area (Å²) in [5.41, 5.74) is 0.257. The molecular weight excluding hydrogens is 238 g/mol. The van der Waals surface area contributed by atoms with Gasteiger partial charge in [-0.3, -0.25) is 9.69 Å². The van der Waals surface area contributed by atoms with Crippen LogP contribution in [0, 0.1) is 6.92 Å². The summed E-state index contributed by atoms with van der Waals surface area (Å²) in [6.07, 6.45) is 0.719. The standard InChI is InChI=1S/C11H17N3O2S/c1-8-6-17-10(12-8)13-9(15)5-14-4-3-11(2,16)7-14/h6,16H,3-5,7H2,1-2H3,(H,12,13,15). The second-order valence-electron chi connectivity index (χ2n) is 4.80. The van der Waals surface area contributed by atoms with Crippen molar-refractivity contribution in [3.8, 4) is 0 Å². The summed E-state index contributed by atoms with van der Waals surface area (Å²) in [6, 6.07) is 0. The van der Waals surface area contributed by atoms with Crippen molar-refractivity contribution in [3.05, 3.63) is 11.1 Å². The van der Waals surface area contributed by atoms with E-state index in [0.717, 1.165) is 18.7 Å². The lowest BCUT2D eigenvalue weighted by molar-refractivity contribution is -0.117. The van der Waals surface area contributed by atoms with Crippen LogP contribution in [-0.4, -0.2) is 46.1 Å². The maximum Gasteiger partial charge on any atom is 0.240 e. The number of carbonyl (C=O) groups excluding carboxylic acids is 1. The highest BCUT2D eigenvalue weighted by Crippen LogP contribution is 2.20. The van der Waals surface area contributed by atoms with Gasteiger partial charge < -0.3 is 10.4 Å². The van der Waals surface area contributed by atoms with Crippen LogP contribution < -0.4 is 5.32 Å². The lowest BCUT2D eigenvalue weighted by Gasteiger charge is -2.17. The molecule has 2 heterocycles. The molecule has 1 aromatic heterocycles. The number of amides is 1. The summed E-state index contributed by atoms with van der Waals surface area (Å²) in [7, 11) is 0. The number of hydrogen-bond acceptors (Lipinski definition) is 5. The molecule has 1 aliphatic rings. The number of thiazole rings is 1. The molecule has 0 aliphatic carbocycles. The number of carbonyl (C=O) groups is 1. The van der Waals surface area contributed by atoms with E-state index in [1.807, 2.05) is 17.2 Å². The Labute approximate surface area is 104 Å². The average molecular weight is 255 g/mol. The van der Waals surface area contributed by atoms with Gasteiger partial charge >= 0.3 is 0 Å². The molecule has 94 valence electrons. The minimum atomic E-state index is -0.655. The molecule has 6 heteroatoms. The number of anilines is 1. The summed E-state index contributed by atoms with van der Waals surface area (Å²) in [4.78, 5) is 17.8. The fourth-order valence-electron chi connectivity index (χ4n) is 1.95. The molecule has 5 nitrogen and oxygen atoms in total. The lowest BCUT2D eigenvalue weighted by atomic mass is 10.1. The SMILES string of the molecule is Cc1csc(NC(=O)CN2CCC(C)(O)C2)n1. The van der Waals surface area contributed by atoms with E-state index in [2.05, 4.69) is 10.3 Å². The third kappa shape index (κ3) is 3.49. The third-order valence-corrected chi connectivity index (χ3v) is 3.64. The number of hydrogen-bond donors (Lipinski definition) is 2. The van der Waals surface area contributed by atoms with Crippen LogP contribution in [0.25, 0.3) is 0 Å². The smallest absolute Gasteiger partial charge is 0.240 e. The quantitative estimate of drug-likeness (QED) is 0.840. The molecule has 2 N–H and O–H groups in total. The Morgan fingerprint density at radius 3 is 3.06 bits per heavy atom. The first kappa shape index (κ1) is 12.5. The maximum absolute atomic E-state index is 11.7. The van der Waals surface area contributed by atoms with Crippen LogP contribution in [0.4, 0.5) is 5.13 Å². The molecule has 1 unspecified atom stereocenters. The summed E-state index contributed by atoms with van der Waals surface area (Å²) in [5.74, 6) is -0.0722. The Morgan fingerprint density at radius 2 is 2.53 bits per heavy atom. The normalized spacial score (nSPS) is 25.1. The topological polar surface area (TPSA) is 65.5 Å². The van der Waals surface area contributed by atoms with E-state index < -0.39 is 5.60 Å². The molecule has 17 heavy (non-hydrogen) atoms. The van der Waals surface area contributed by atoms with Gasteiger partial charge in [0.15, 0.2) is 5.13 Å². The van der Waals surface area contributed by atoms with Gasteiger partial charge in [0.05, 0.1) is 17.8 Å². The van der Waals surface area contributed by atoms with Gasteiger partial charge in [-0.25, -0.2) is 4.98 Å². The first-order valence-corrected chi connectivity index (χ1v) is 6.49. The molecular formula is C11H17N3O2S. The van der Waals surface area contributed by atoms with Crippen LogP contribution in [0.3, 0.4) is 0 Å². The van der Waals surface area contributed by atoms with Crippen molar-refractivity contribution in [3.63, 3.8) is 0 Å². The molecule has 1 saturated heterocycles. The van der Waals surface area contributed by atoms with Crippen molar-refractivity contribution < 1.29 is 9.90 Å². The second-order valence-corrected chi connectivity index (χ2v) is 5.66. The van der Waals surface area contributed by atoms with Crippen molar-refractivity contribution >= 4 is 22.4 Å². The van der Waals surface area contributed by atoms with Crippen LogP contribution in [-0.2, 0) is 4.79 Å². The Hall–Kier alpha value is -0.980. The number of nitrogens with zero attached hydrogens (tertiary/aromatic N) is 2. The van der Waals surface area contributed by atoms with E-state index in [9.17, 15) is 9.90 Å². The van der Waals surface area contributed by atoms with Crippen molar-refractivity contribution in [2.45, 2.75) is 25.9 Å². The first-order valence-electron chi connectivity index (χ1n) is 5.61. The Morgan fingerprint density at radius 1 is 1.76 bits per heavy atom. The van der Waals surface area contributed by atoms with Gasteiger partial charge in [-0.2, -0.15) is 0 Å². The average Bonchev–Trinajstić information content (AvgIpc) is 2.73. The Kier molecular flexibility index (Phi) is 3.46. The van der Waals surface area contributed by atoms with E-state index in [0.29, 0.717) is 18.2 Å². The highest BCUT2D eigenvalue weighted by atomic mass is 32.1. The molecule has 2 rings (SSSR count). The second kappa shape index (κ2) is 4.72. The zero-order valence-corrected chi connectivity index (χ0v) is 10.9. The van der Waals surface area contributed by atoms with Gasteiger partial charge in [0, 0.05) is 18.5 Å². The van der Waals surface area contributed by atoms with Gasteiger partial charge in [0.2, 0.25) is 5.91 Å². The van der Waals surface area contributed by atoms with Crippen LogP contribution >= 0.6 is 11.3 Å². The molecule has 1 amide bonds. The number of aryl methyl sites for hydroxylation is 1. The van der Waals surface area contributed by atoms with E-state index in [1.54, 1.807) is 6.92 Å². The molecule has 1 fully saturated rings. The maximum atomic E-state index is 11.7. The number of likely N-dealkylation sites (tertiary alicyclic amines) is 1. The van der Waals surface area contributed by atoms with E-state index in [1.165, 1.54) is 11.3 Å². The molecule has 0 spiro atoms. The molecule has 1 aromatic rings. The fraction of sp³-hybridized carbons (Fsp3) is 0.636. The number of aromatic nitrogens is 1. The highest BCUT2D eigenvalue weighted by Gasteiger charge is 2.32. The summed E-state index contributed by atoms with van der Waals surface area (Å²) in [6.45, 7) is 5.32. The summed E-state index contributed by atoms with van der Waals surface area (Å²) >= 11 is 1.42. The molecule has 1 aliphatic heterocycles. The molecule has 0 bridgehead atoms. The summed E-state index contributed by atoms with van der Waals surface area (Å²) in [5, 5.41) is 15.1. The molecule has 0 radical (unpaired) electrons. The van der Waals surface area contributed by atoms with E-state index >= 15 is 0 Å². The zero-order chi connectivity index (χ0) is 12.5. The first-order chi connectivity index (χ1) is 7.94. The van der Waals surface area contributed by atoms with Crippen LogP contribution in [0.15, 0.2) is 5.38 Å². The zero-order valence-electron chi connectivity index (χ0n) is 10.1. The minimum Gasteiger partial charge on any atom is -0.389 e. The Balaban J connectivity index is 1.82. The highest BCUT2D eigenvalue weighted by molar-refractivity contribution is 7.13. The van der Waals surface area contributed by atoms with E-state index in [-0.39, 0.29) is 5.91 Å². The van der Waals surface area contributed by atoms with Crippen LogP contribution in [0.1, 0.15) is 19.0 Å². The van der Waals surface area contributed by atoms with Gasteiger partial charge in [0.1, 0.15) is 0 Å². The minimum absolute atomic E-state index is 0.0722. The largest absolute Gasteiger partial charge is 0.389 e. The van der Waals surface area contributed by atoms with Crippen molar-refractivity contribution in [2.75, 3.05) is 25.0 Å². The fourth-order valence-corrected chi connectivity index (χ4v) is 2.65. The van der Waals surface area contributed by atoms with Gasteiger partial charge in [-0.15, -0.1) is 11.3 Å². The van der Waals surface area contributed by atoms with Crippen molar-refractivity contribution in [1.82, 2.24) is 9.88 Å². The number of rotatable bonds is 3. The number of β-amino-alcohol motifs (C(OH)–C–C–N with tert-alkyl or cyclic N) is 1. The van der Waals surface area contributed by atoms with Crippen molar-refractivity contribution in [1.29, 1.82) is 0 Å². The Bertz CT molecular complexity index is 417. The molecule has 0 aromatic carbocycles. The number of nitrogens with one attached hydrogen (secondary N) is 1. The van der Waals surface area contributed by atoms with Crippen molar-refractivity contribution in [2.24, 2.45) is 0 Å². The van der Waals surface area contributed by atoms with E-state index in [4.69, 9.17) is 0 Å². The van der Waals surface area contributed by atoms with Gasteiger partial charge in [-0.05, 0) is 20.3 Å². The lowest BCUT2D eigenvalue weighted by Crippen LogP contribution is -2.35. The number of aliphatic hydroxyl groups is 1. The summed E-state index contributed by atoms with van der Waals surface area (Å²) < 4.78 is 0. The molecule has 1 atom stereocenters. The van der Waals surface area contributed by atoms with Crippen LogP contribution in [0.2, 0.25) is 0 Å².